The number of carbonyl (C=O) groups is 6. The van der Waals surface area contributed by atoms with E-state index in [1.807, 2.05) is 98.8 Å². The fourth-order valence-electron chi connectivity index (χ4n) is 10.1. The van der Waals surface area contributed by atoms with Gasteiger partial charge in [-0.05, 0) is 122 Å². The Morgan fingerprint density at radius 3 is 1.31 bits per heavy atom. The lowest BCUT2D eigenvalue weighted by Crippen LogP contribution is -2.43. The molecule has 5 aromatic heterocycles. The van der Waals surface area contributed by atoms with Gasteiger partial charge in [-0.15, -0.1) is 0 Å². The Hall–Kier alpha value is -11.8. The maximum atomic E-state index is 12.9. The van der Waals surface area contributed by atoms with Crippen LogP contribution in [0.25, 0.3) is 28.0 Å². The van der Waals surface area contributed by atoms with Crippen molar-refractivity contribution in [1.29, 1.82) is 0 Å². The second-order valence-corrected chi connectivity index (χ2v) is 35.1. The summed E-state index contributed by atoms with van der Waals surface area (Å²) < 4.78 is 95.0. The van der Waals surface area contributed by atoms with Crippen LogP contribution in [0.15, 0.2) is 164 Å². The Morgan fingerprint density at radius 2 is 0.929 bits per heavy atom. The lowest BCUT2D eigenvalue weighted by atomic mass is 9.92. The summed E-state index contributed by atoms with van der Waals surface area (Å²) in [6.45, 7) is 21.0. The van der Waals surface area contributed by atoms with Gasteiger partial charge in [-0.3, -0.25) is 26.1 Å². The molecule has 6 heterocycles. The van der Waals surface area contributed by atoms with Crippen LogP contribution in [0.5, 0.6) is 0 Å². The van der Waals surface area contributed by atoms with E-state index in [0.29, 0.717) is 73.4 Å². The van der Waals surface area contributed by atoms with E-state index in [-0.39, 0.29) is 36.0 Å². The number of amides is 9. The smallest absolute Gasteiger partial charge is 0.422 e. The highest BCUT2D eigenvalue weighted by molar-refractivity contribution is 7.88. The Morgan fingerprint density at radius 1 is 0.527 bits per heavy atom. The number of anilines is 6. The summed E-state index contributed by atoms with van der Waals surface area (Å²) in [5, 5.41) is 32.4. The molecule has 9 amide bonds. The van der Waals surface area contributed by atoms with Crippen LogP contribution in [-0.4, -0.2) is 152 Å². The van der Waals surface area contributed by atoms with E-state index in [2.05, 4.69) is 61.8 Å². The Kier molecular flexibility index (Phi) is 25.7. The van der Waals surface area contributed by atoms with Gasteiger partial charge in [-0.2, -0.15) is 53.5 Å². The zero-order valence-electron chi connectivity index (χ0n) is 63.9. The number of fused-ring (bicyclic) bond motifs is 1. The standard InChI is InChI=1S/C27H31N7O4S.C24H29ClN6O5S.C22H28N8O5S/c1-26(2,3)22-15-23(30-25(36)29-19-8-11-21-18(14-19)12-13-28-21)34(31-22)20-9-6-17(7-10-20)16-33-27(4,5)24(35)32-39(33,37)38;1-24(2,3)20-14-21(27-22(32)26-18-10-8-17(25)9-11-18)31(28-20)19-12-6-16(7-13-19)15-36-23(33)29-37(34,35)30(4)5;1-22(2,3)17-12-19(26-20(31)25-18-10-11-23-14-24-18)30(27-17)16-8-6-15(7-9-16)13-35-21(32)28-36(33,34)29(4)5/h6-15,28H,16H2,1-5H3,(H,32,35)(H2,29,30,36);6-14H,15H2,1-5H3,(H,29,33)(H2,26,27,32);6-12,14H,13H2,1-5H3,(H,28,32)(H2,23,24,25,26,31). The highest BCUT2D eigenvalue weighted by Gasteiger charge is 2.50. The van der Waals surface area contributed by atoms with Crippen LogP contribution in [0.4, 0.5) is 58.6 Å². The van der Waals surface area contributed by atoms with E-state index in [4.69, 9.17) is 26.2 Å². The molecule has 0 saturated carbocycles. The molecule has 11 rings (SSSR count). The number of hydrogen-bond donors (Lipinski definition) is 10. The van der Waals surface area contributed by atoms with Gasteiger partial charge in [0, 0.05) is 109 Å². The number of hydrogen-bond acceptors (Lipinski definition) is 19. The van der Waals surface area contributed by atoms with Crippen molar-refractivity contribution in [2.45, 2.75) is 118 Å². The maximum Gasteiger partial charge on any atom is 0.422 e. The Balaban J connectivity index is 0.000000193. The molecular weight excluding hydrogens is 1530 g/mol. The van der Waals surface area contributed by atoms with Gasteiger partial charge in [0.1, 0.15) is 48.4 Å². The molecule has 1 aliphatic heterocycles. The topological polar surface area (TPSA) is 436 Å². The van der Waals surface area contributed by atoms with Crippen molar-refractivity contribution in [3.8, 4) is 17.1 Å². The lowest BCUT2D eigenvalue weighted by molar-refractivity contribution is -0.125. The van der Waals surface area contributed by atoms with Gasteiger partial charge in [0.25, 0.3) is 5.91 Å². The first-order valence-corrected chi connectivity index (χ1v) is 39.0. The summed E-state index contributed by atoms with van der Waals surface area (Å²) in [6, 6.07) is 40.8. The summed E-state index contributed by atoms with van der Waals surface area (Å²) >= 11 is 5.90. The summed E-state index contributed by atoms with van der Waals surface area (Å²) in [4.78, 5) is 84.8. The Labute approximate surface area is 653 Å². The van der Waals surface area contributed by atoms with Crippen molar-refractivity contribution >= 4 is 124 Å². The first-order chi connectivity index (χ1) is 52.3. The third-order valence-corrected chi connectivity index (χ3v) is 21.2. The molecule has 0 spiro atoms. The monoisotopic (exact) mass is 1610 g/mol. The van der Waals surface area contributed by atoms with Crippen LogP contribution in [0.3, 0.4) is 0 Å². The quantitative estimate of drug-likeness (QED) is 0.0359. The fraction of sp³-hybridized carbons (Fsp3) is 0.301. The molecule has 1 fully saturated rings. The number of aromatic nitrogens is 9. The predicted molar refractivity (Wildman–Crippen MR) is 425 cm³/mol. The molecule has 1 saturated heterocycles. The van der Waals surface area contributed by atoms with Crippen LogP contribution in [0, 0.1) is 0 Å². The molecule has 10 N–H and O–H groups in total. The number of ether oxygens (including phenoxy) is 2. The number of halogens is 1. The van der Waals surface area contributed by atoms with Crippen molar-refractivity contribution in [1.82, 2.24) is 71.4 Å². The maximum absolute atomic E-state index is 12.9. The molecule has 0 aliphatic carbocycles. The average Bonchev–Trinajstić information content (AvgIpc) is 1.61. The van der Waals surface area contributed by atoms with E-state index in [1.54, 1.807) is 153 Å². The van der Waals surface area contributed by atoms with E-state index in [1.165, 1.54) is 40.7 Å². The Bertz CT molecular complexity index is 5420. The molecule has 0 radical (unpaired) electrons. The number of urea groups is 3. The minimum atomic E-state index is -3.94. The van der Waals surface area contributed by atoms with Crippen LogP contribution in [0.1, 0.15) is 110 Å². The second-order valence-electron chi connectivity index (χ2n) is 29.3. The minimum Gasteiger partial charge on any atom is -0.444 e. The van der Waals surface area contributed by atoms with Crippen molar-refractivity contribution < 1.29 is 63.5 Å². The normalized spacial score (nSPS) is 13.5. The number of H-pyrrole nitrogens is 1. The van der Waals surface area contributed by atoms with Gasteiger partial charge < -0.3 is 25.1 Å². The molecular formula is C73H88ClN21O14S3. The van der Waals surface area contributed by atoms with E-state index < -0.39 is 72.4 Å². The number of nitrogens with one attached hydrogen (secondary N) is 10. The van der Waals surface area contributed by atoms with Gasteiger partial charge in [0.2, 0.25) is 0 Å². The largest absolute Gasteiger partial charge is 0.444 e. The highest BCUT2D eigenvalue weighted by atomic mass is 35.5. The van der Waals surface area contributed by atoms with Crippen molar-refractivity contribution in [3.05, 3.63) is 203 Å². The van der Waals surface area contributed by atoms with Gasteiger partial charge in [0.05, 0.1) is 34.1 Å². The molecule has 594 valence electrons. The molecule has 1 aliphatic rings. The van der Waals surface area contributed by atoms with Crippen molar-refractivity contribution in [3.63, 3.8) is 0 Å². The fourth-order valence-corrected chi connectivity index (χ4v) is 12.7. The zero-order chi connectivity index (χ0) is 82.1. The first kappa shape index (κ1) is 84.2. The van der Waals surface area contributed by atoms with Gasteiger partial charge in [-0.25, -0.2) is 62.2 Å². The average molecular weight is 1620 g/mol. The number of carbonyl (C=O) groups excluding carboxylic acids is 6. The van der Waals surface area contributed by atoms with Crippen molar-refractivity contribution in [2.24, 2.45) is 0 Å². The summed E-state index contributed by atoms with van der Waals surface area (Å²) in [5.74, 6) is 1.15. The first-order valence-electron chi connectivity index (χ1n) is 34.3. The van der Waals surface area contributed by atoms with E-state index in [0.717, 1.165) is 40.9 Å². The molecule has 35 nitrogen and oxygen atoms in total. The van der Waals surface area contributed by atoms with Crippen molar-refractivity contribution in [2.75, 3.05) is 60.1 Å². The van der Waals surface area contributed by atoms with Crippen LogP contribution >= 0.6 is 11.6 Å². The van der Waals surface area contributed by atoms with Crippen LogP contribution in [-0.2, 0) is 80.9 Å². The number of nitrogens with zero attached hydrogens (tertiary/aromatic N) is 11. The molecule has 10 aromatic rings. The predicted octanol–water partition coefficient (Wildman–Crippen LogP) is 11.4. The molecule has 112 heavy (non-hydrogen) atoms. The summed E-state index contributed by atoms with van der Waals surface area (Å²) in [6.07, 6.45) is 2.51. The van der Waals surface area contributed by atoms with Gasteiger partial charge in [-0.1, -0.05) is 110 Å². The number of benzene rings is 5. The lowest BCUT2D eigenvalue weighted by Gasteiger charge is -2.25. The number of aromatic amines is 1. The molecule has 39 heteroatoms. The summed E-state index contributed by atoms with van der Waals surface area (Å²) in [5.41, 5.74) is 6.41. The summed E-state index contributed by atoms with van der Waals surface area (Å²) in [7, 11) is -6.63. The second kappa shape index (κ2) is 34.2. The highest BCUT2D eigenvalue weighted by Crippen LogP contribution is 2.33. The minimum absolute atomic E-state index is 0.0275. The van der Waals surface area contributed by atoms with Crippen LogP contribution in [0.2, 0.25) is 5.02 Å². The molecule has 0 atom stereocenters. The zero-order valence-corrected chi connectivity index (χ0v) is 67.2. The van der Waals surface area contributed by atoms with Gasteiger partial charge >= 0.3 is 60.9 Å². The van der Waals surface area contributed by atoms with E-state index >= 15 is 0 Å². The van der Waals surface area contributed by atoms with E-state index in [9.17, 15) is 54.0 Å². The molecule has 5 aromatic carbocycles. The third-order valence-electron chi connectivity index (χ3n) is 16.6. The van der Waals surface area contributed by atoms with Gasteiger partial charge in [0.15, 0.2) is 0 Å². The molecule has 0 unspecified atom stereocenters. The third kappa shape index (κ3) is 22.2. The molecule has 0 bridgehead atoms. The van der Waals surface area contributed by atoms with Crippen LogP contribution < -0.4 is 46.1 Å². The SMILES string of the molecule is CC(C)(C)c1cc(NC(=O)Nc2ccc3[nH]ccc3c2)n(-c2ccc(CN3C(C)(C)C(=O)NS3(=O)=O)cc2)n1.CN(C)S(=O)(=O)NC(=O)OCc1ccc(-n2nc(C(C)(C)C)cc2NC(=O)Nc2ccc(Cl)cc2)cc1.CN(C)S(=O)(=O)NC(=O)OCc1ccc(-n2nc(C(C)(C)C)cc2NC(=O)Nc2ccncn2)cc1. The number of rotatable bonds is 19.